The second kappa shape index (κ2) is 7.37. The molecule has 1 aromatic carbocycles. The Hall–Kier alpha value is -2.21. The average molecular weight is 333 g/mol. The summed E-state index contributed by atoms with van der Waals surface area (Å²) < 4.78 is 5.19. The van der Waals surface area contributed by atoms with E-state index in [1.165, 1.54) is 6.26 Å². The lowest BCUT2D eigenvalue weighted by molar-refractivity contribution is 0.101. The lowest BCUT2D eigenvalue weighted by Crippen LogP contribution is -2.28. The number of halogens is 1. The van der Waals surface area contributed by atoms with Gasteiger partial charge in [-0.2, -0.15) is 0 Å². The number of pyridine rings is 1. The number of hydrogen-bond donors (Lipinski definition) is 2. The quantitative estimate of drug-likeness (QED) is 0.700. The van der Waals surface area contributed by atoms with Crippen molar-refractivity contribution in [3.63, 3.8) is 0 Å². The van der Waals surface area contributed by atoms with Gasteiger partial charge in [0.05, 0.1) is 24.1 Å². The summed E-state index contributed by atoms with van der Waals surface area (Å²) in [4.78, 5) is 17.1. The minimum atomic E-state index is -0.461. The summed E-state index contributed by atoms with van der Waals surface area (Å²) in [7, 11) is 0. The number of fused-ring (bicyclic) bond motifs is 1. The molecule has 0 fully saturated rings. The average Bonchev–Trinajstić information content (AvgIpc) is 3.08. The van der Waals surface area contributed by atoms with E-state index < -0.39 is 6.04 Å². The lowest BCUT2D eigenvalue weighted by atomic mass is 10.00. The van der Waals surface area contributed by atoms with Crippen LogP contribution in [0.25, 0.3) is 10.9 Å². The second-order valence-corrected chi connectivity index (χ2v) is 5.13. The zero-order valence-electron chi connectivity index (χ0n) is 12.3. The molecule has 120 valence electrons. The molecule has 3 rings (SSSR count). The Morgan fingerprint density at radius 3 is 2.74 bits per heavy atom. The van der Waals surface area contributed by atoms with Crippen LogP contribution in [-0.2, 0) is 6.42 Å². The first-order chi connectivity index (χ1) is 10.7. The number of aromatic nitrogens is 1. The molecule has 2 heterocycles. The number of aliphatic hydroxyl groups excluding tert-OH is 1. The number of hydrogen-bond acceptors (Lipinski definition) is 5. The van der Waals surface area contributed by atoms with E-state index in [1.807, 2.05) is 24.3 Å². The van der Waals surface area contributed by atoms with Crippen molar-refractivity contribution < 1.29 is 14.3 Å². The standard InChI is InChI=1S/C17H16N2O3.ClH/c18-12(10-20)9-15-13(17(21)16-6-3-7-22-16)8-11-4-1-2-5-14(11)19-15;/h1-8,12,20H,9-10,18H2;1H. The van der Waals surface area contributed by atoms with Crippen LogP contribution in [0.5, 0.6) is 0 Å². The maximum Gasteiger partial charge on any atom is 0.230 e. The Morgan fingerprint density at radius 2 is 2.04 bits per heavy atom. The van der Waals surface area contributed by atoms with E-state index in [4.69, 9.17) is 15.3 Å². The van der Waals surface area contributed by atoms with E-state index in [0.717, 1.165) is 10.9 Å². The Balaban J connectivity index is 0.00000192. The van der Waals surface area contributed by atoms with Crippen LogP contribution in [-0.4, -0.2) is 28.5 Å². The molecule has 23 heavy (non-hydrogen) atoms. The third-order valence-corrected chi connectivity index (χ3v) is 3.48. The minimum Gasteiger partial charge on any atom is -0.461 e. The van der Waals surface area contributed by atoms with Crippen LogP contribution in [0.1, 0.15) is 21.8 Å². The number of ketones is 1. The zero-order chi connectivity index (χ0) is 15.5. The van der Waals surface area contributed by atoms with Gasteiger partial charge in [-0.15, -0.1) is 12.4 Å². The van der Waals surface area contributed by atoms with Crippen LogP contribution in [0.4, 0.5) is 0 Å². The van der Waals surface area contributed by atoms with Gasteiger partial charge < -0.3 is 15.3 Å². The highest BCUT2D eigenvalue weighted by molar-refractivity contribution is 6.09. The van der Waals surface area contributed by atoms with E-state index in [-0.39, 0.29) is 30.6 Å². The van der Waals surface area contributed by atoms with Crippen molar-refractivity contribution in [1.29, 1.82) is 0 Å². The number of nitrogens with two attached hydrogens (primary N) is 1. The first-order valence-electron chi connectivity index (χ1n) is 7.02. The van der Waals surface area contributed by atoms with Crippen molar-refractivity contribution in [3.8, 4) is 0 Å². The molecule has 6 heteroatoms. The van der Waals surface area contributed by atoms with Crippen LogP contribution < -0.4 is 5.73 Å². The van der Waals surface area contributed by atoms with E-state index in [1.54, 1.807) is 18.2 Å². The van der Waals surface area contributed by atoms with Crippen LogP contribution in [0.2, 0.25) is 0 Å². The number of carbonyl (C=O) groups is 1. The van der Waals surface area contributed by atoms with Crippen LogP contribution in [0.15, 0.2) is 53.1 Å². The Morgan fingerprint density at radius 1 is 1.26 bits per heavy atom. The summed E-state index contributed by atoms with van der Waals surface area (Å²) in [6.07, 6.45) is 1.78. The monoisotopic (exact) mass is 332 g/mol. The highest BCUT2D eigenvalue weighted by atomic mass is 35.5. The fourth-order valence-electron chi connectivity index (χ4n) is 2.36. The molecule has 3 aromatic rings. The first-order valence-corrected chi connectivity index (χ1v) is 7.02. The highest BCUT2D eigenvalue weighted by Gasteiger charge is 2.19. The summed E-state index contributed by atoms with van der Waals surface area (Å²) in [6, 6.07) is 12.2. The third kappa shape index (κ3) is 3.59. The topological polar surface area (TPSA) is 89.4 Å². The Kier molecular flexibility index (Phi) is 5.50. The number of benzene rings is 1. The van der Waals surface area contributed by atoms with Crippen molar-refractivity contribution >= 4 is 29.1 Å². The number of carbonyl (C=O) groups excluding carboxylic acids is 1. The third-order valence-electron chi connectivity index (χ3n) is 3.48. The summed E-state index contributed by atoms with van der Waals surface area (Å²) in [6.45, 7) is -0.164. The molecule has 0 saturated heterocycles. The van der Waals surface area contributed by atoms with Crippen molar-refractivity contribution in [3.05, 3.63) is 65.7 Å². The van der Waals surface area contributed by atoms with Crippen LogP contribution in [0.3, 0.4) is 0 Å². The van der Waals surface area contributed by atoms with Gasteiger partial charge >= 0.3 is 0 Å². The smallest absolute Gasteiger partial charge is 0.230 e. The molecule has 2 aromatic heterocycles. The number of furan rings is 1. The maximum absolute atomic E-state index is 12.6. The molecule has 1 atom stereocenters. The molecule has 5 nitrogen and oxygen atoms in total. The van der Waals surface area contributed by atoms with Crippen molar-refractivity contribution in [2.45, 2.75) is 12.5 Å². The molecule has 0 aliphatic heterocycles. The Bertz CT molecular complexity index is 803. The van der Waals surface area contributed by atoms with Gasteiger partial charge in [0.25, 0.3) is 0 Å². The molecule has 3 N–H and O–H groups in total. The van der Waals surface area contributed by atoms with E-state index in [9.17, 15) is 4.79 Å². The molecule has 0 aliphatic rings. The normalized spacial score (nSPS) is 11.9. The molecule has 0 radical (unpaired) electrons. The van der Waals surface area contributed by atoms with Gasteiger partial charge in [-0.05, 0) is 24.3 Å². The van der Waals surface area contributed by atoms with E-state index in [0.29, 0.717) is 17.7 Å². The summed E-state index contributed by atoms with van der Waals surface area (Å²) in [5.74, 6) is 0.0271. The van der Waals surface area contributed by atoms with Crippen LogP contribution in [0, 0.1) is 0 Å². The van der Waals surface area contributed by atoms with Gasteiger partial charge in [-0.25, -0.2) is 0 Å². The SMILES string of the molecule is Cl.NC(CO)Cc1nc2ccccc2cc1C(=O)c1ccco1. The zero-order valence-corrected chi connectivity index (χ0v) is 13.1. The molecular formula is C17H17ClN2O3. The number of nitrogens with zero attached hydrogens (tertiary/aromatic N) is 1. The largest absolute Gasteiger partial charge is 0.461 e. The molecule has 0 saturated carbocycles. The van der Waals surface area contributed by atoms with Crippen molar-refractivity contribution in [2.75, 3.05) is 6.61 Å². The molecule has 0 amide bonds. The van der Waals surface area contributed by atoms with Crippen LogP contribution >= 0.6 is 12.4 Å². The fraction of sp³-hybridized carbons (Fsp3) is 0.176. The first kappa shape index (κ1) is 17.1. The van der Waals surface area contributed by atoms with E-state index >= 15 is 0 Å². The van der Waals surface area contributed by atoms with Gasteiger partial charge in [0.1, 0.15) is 0 Å². The Labute approximate surface area is 139 Å². The molecule has 0 bridgehead atoms. The number of aliphatic hydroxyl groups is 1. The van der Waals surface area contributed by atoms with Crippen molar-refractivity contribution in [1.82, 2.24) is 4.98 Å². The summed E-state index contributed by atoms with van der Waals surface area (Å²) >= 11 is 0. The molecular weight excluding hydrogens is 316 g/mol. The summed E-state index contributed by atoms with van der Waals surface area (Å²) in [5.41, 5.74) is 7.63. The highest BCUT2D eigenvalue weighted by Crippen LogP contribution is 2.21. The predicted octanol–water partition coefficient (Wildman–Crippen LogP) is 2.34. The summed E-state index contributed by atoms with van der Waals surface area (Å²) in [5, 5.41) is 10.0. The van der Waals surface area contributed by atoms with Gasteiger partial charge in [0, 0.05) is 23.4 Å². The predicted molar refractivity (Wildman–Crippen MR) is 89.9 cm³/mol. The maximum atomic E-state index is 12.6. The van der Waals surface area contributed by atoms with Gasteiger partial charge in [0.2, 0.25) is 5.78 Å². The van der Waals surface area contributed by atoms with Gasteiger partial charge in [-0.3, -0.25) is 9.78 Å². The minimum absolute atomic E-state index is 0. The fourth-order valence-corrected chi connectivity index (χ4v) is 2.36. The number of rotatable bonds is 5. The molecule has 0 spiro atoms. The number of para-hydroxylation sites is 1. The molecule has 0 aliphatic carbocycles. The van der Waals surface area contributed by atoms with Gasteiger partial charge in [-0.1, -0.05) is 18.2 Å². The second-order valence-electron chi connectivity index (χ2n) is 5.13. The lowest BCUT2D eigenvalue weighted by Gasteiger charge is -2.12. The van der Waals surface area contributed by atoms with Gasteiger partial charge in [0.15, 0.2) is 5.76 Å². The van der Waals surface area contributed by atoms with E-state index in [2.05, 4.69) is 4.98 Å². The molecule has 1 unspecified atom stereocenters. The van der Waals surface area contributed by atoms with Crippen molar-refractivity contribution in [2.24, 2.45) is 5.73 Å².